The van der Waals surface area contributed by atoms with Gasteiger partial charge in [0.2, 0.25) is 0 Å². The smallest absolute Gasteiger partial charge is 0.0705 e. The summed E-state index contributed by atoms with van der Waals surface area (Å²) in [5.74, 6) is 0. The van der Waals surface area contributed by atoms with E-state index < -0.39 is 0 Å². The zero-order valence-corrected chi connectivity index (χ0v) is 12.4. The van der Waals surface area contributed by atoms with Gasteiger partial charge >= 0.3 is 0 Å². The molecule has 3 rings (SSSR count). The Morgan fingerprint density at radius 3 is 2.95 bits per heavy atom. The van der Waals surface area contributed by atoms with Crippen LogP contribution in [-0.4, -0.2) is 36.6 Å². The van der Waals surface area contributed by atoms with Gasteiger partial charge in [-0.25, -0.2) is 0 Å². The Kier molecular flexibility index (Phi) is 3.72. The molecule has 0 bridgehead atoms. The summed E-state index contributed by atoms with van der Waals surface area (Å²) in [5, 5.41) is 4.54. The Hall–Kier alpha value is -1.45. The topological polar surface area (TPSA) is 28.2 Å². The number of nitrogens with zero attached hydrogens (tertiary/aromatic N) is 2. The summed E-state index contributed by atoms with van der Waals surface area (Å²) in [6.45, 7) is 6.76. The molecule has 0 aliphatic carbocycles. The van der Waals surface area contributed by atoms with E-state index in [0.29, 0.717) is 5.41 Å². The number of benzene rings is 1. The predicted molar refractivity (Wildman–Crippen MR) is 83.7 cm³/mol. The zero-order chi connectivity index (χ0) is 14.0. The van der Waals surface area contributed by atoms with Crippen molar-refractivity contribution in [3.63, 3.8) is 0 Å². The highest BCUT2D eigenvalue weighted by Gasteiger charge is 2.32. The quantitative estimate of drug-likeness (QED) is 0.925. The van der Waals surface area contributed by atoms with Crippen LogP contribution in [-0.2, 0) is 6.54 Å². The van der Waals surface area contributed by atoms with Crippen LogP contribution in [0.2, 0.25) is 0 Å². The van der Waals surface area contributed by atoms with Crippen molar-refractivity contribution in [2.45, 2.75) is 19.9 Å². The molecule has 1 unspecified atom stereocenters. The van der Waals surface area contributed by atoms with E-state index in [1.54, 1.807) is 0 Å². The van der Waals surface area contributed by atoms with Crippen molar-refractivity contribution in [2.24, 2.45) is 5.41 Å². The third-order valence-electron chi connectivity index (χ3n) is 4.28. The van der Waals surface area contributed by atoms with Gasteiger partial charge in [0.15, 0.2) is 0 Å². The molecule has 0 radical (unpaired) electrons. The molecule has 0 amide bonds. The third kappa shape index (κ3) is 2.84. The predicted octanol–water partition coefficient (Wildman–Crippen LogP) is 2.67. The van der Waals surface area contributed by atoms with Crippen LogP contribution in [0.1, 0.15) is 19.0 Å². The van der Waals surface area contributed by atoms with Crippen LogP contribution >= 0.6 is 0 Å². The molecule has 1 fully saturated rings. The summed E-state index contributed by atoms with van der Waals surface area (Å²) >= 11 is 0. The number of rotatable bonds is 4. The fourth-order valence-corrected chi connectivity index (χ4v) is 3.26. The highest BCUT2D eigenvalue weighted by molar-refractivity contribution is 5.78. The minimum absolute atomic E-state index is 0.408. The van der Waals surface area contributed by atoms with Crippen molar-refractivity contribution in [2.75, 3.05) is 26.7 Å². The first-order valence-corrected chi connectivity index (χ1v) is 7.40. The van der Waals surface area contributed by atoms with E-state index in [0.717, 1.165) is 25.2 Å². The molecule has 1 saturated heterocycles. The number of aromatic nitrogens is 1. The number of fused-ring (bicyclic) bond motifs is 1. The van der Waals surface area contributed by atoms with Gasteiger partial charge in [-0.15, -0.1) is 0 Å². The molecule has 3 nitrogen and oxygen atoms in total. The first-order valence-electron chi connectivity index (χ1n) is 7.40. The molecule has 1 aromatic heterocycles. The lowest BCUT2D eigenvalue weighted by Gasteiger charge is -2.24. The van der Waals surface area contributed by atoms with Crippen LogP contribution in [0.4, 0.5) is 0 Å². The average Bonchev–Trinajstić information content (AvgIpc) is 2.80. The van der Waals surface area contributed by atoms with Gasteiger partial charge in [0.05, 0.1) is 11.2 Å². The van der Waals surface area contributed by atoms with Crippen LogP contribution in [0.15, 0.2) is 36.4 Å². The summed E-state index contributed by atoms with van der Waals surface area (Å²) in [4.78, 5) is 7.30. The number of hydrogen-bond acceptors (Lipinski definition) is 3. The first kappa shape index (κ1) is 13.5. The van der Waals surface area contributed by atoms with Gasteiger partial charge in [-0.3, -0.25) is 9.88 Å². The van der Waals surface area contributed by atoms with E-state index >= 15 is 0 Å². The van der Waals surface area contributed by atoms with Crippen molar-refractivity contribution in [1.82, 2.24) is 15.2 Å². The molecule has 0 spiro atoms. The Morgan fingerprint density at radius 1 is 1.25 bits per heavy atom. The van der Waals surface area contributed by atoms with Gasteiger partial charge in [-0.1, -0.05) is 31.2 Å². The molecule has 106 valence electrons. The van der Waals surface area contributed by atoms with Gasteiger partial charge in [-0.2, -0.15) is 0 Å². The van der Waals surface area contributed by atoms with E-state index in [1.807, 2.05) is 7.05 Å². The third-order valence-corrected chi connectivity index (χ3v) is 4.28. The standard InChI is InChI=1S/C17H23N3/c1-17(12-18-2)9-10-20(13-17)11-15-8-7-14-5-3-4-6-16(14)19-15/h3-8,18H,9-13H2,1-2H3. The Morgan fingerprint density at radius 2 is 2.10 bits per heavy atom. The van der Waals surface area contributed by atoms with Gasteiger partial charge in [0.1, 0.15) is 0 Å². The number of nitrogens with one attached hydrogen (secondary N) is 1. The monoisotopic (exact) mass is 269 g/mol. The normalized spacial score (nSPS) is 23.5. The molecule has 1 aliphatic heterocycles. The van der Waals surface area contributed by atoms with E-state index in [4.69, 9.17) is 4.98 Å². The minimum Gasteiger partial charge on any atom is -0.319 e. The molecule has 1 aliphatic rings. The van der Waals surface area contributed by atoms with E-state index in [1.165, 1.54) is 24.0 Å². The number of hydrogen-bond donors (Lipinski definition) is 1. The van der Waals surface area contributed by atoms with Gasteiger partial charge in [-0.05, 0) is 37.6 Å². The van der Waals surface area contributed by atoms with Crippen LogP contribution in [0, 0.1) is 5.41 Å². The summed E-state index contributed by atoms with van der Waals surface area (Å²) in [6, 6.07) is 12.7. The SMILES string of the molecule is CNCC1(C)CCN(Cc2ccc3ccccc3n2)C1. The van der Waals surface area contributed by atoms with Gasteiger partial charge in [0.25, 0.3) is 0 Å². The second-order valence-electron chi connectivity index (χ2n) is 6.30. The molecule has 3 heteroatoms. The highest BCUT2D eigenvalue weighted by Crippen LogP contribution is 2.29. The van der Waals surface area contributed by atoms with Crippen LogP contribution in [0.25, 0.3) is 10.9 Å². The second-order valence-corrected chi connectivity index (χ2v) is 6.30. The van der Waals surface area contributed by atoms with Gasteiger partial charge < -0.3 is 5.32 Å². The molecular weight excluding hydrogens is 246 g/mol. The lowest BCUT2D eigenvalue weighted by Crippen LogP contribution is -2.33. The summed E-state index contributed by atoms with van der Waals surface area (Å²) in [6.07, 6.45) is 1.27. The largest absolute Gasteiger partial charge is 0.319 e. The maximum atomic E-state index is 4.78. The lowest BCUT2D eigenvalue weighted by atomic mass is 9.90. The molecule has 20 heavy (non-hydrogen) atoms. The van der Waals surface area contributed by atoms with E-state index in [-0.39, 0.29) is 0 Å². The maximum Gasteiger partial charge on any atom is 0.0705 e. The van der Waals surface area contributed by atoms with Gasteiger partial charge in [0, 0.05) is 25.0 Å². The van der Waals surface area contributed by atoms with Crippen molar-refractivity contribution in [3.8, 4) is 0 Å². The first-order chi connectivity index (χ1) is 9.68. The van der Waals surface area contributed by atoms with Crippen LogP contribution in [0.5, 0.6) is 0 Å². The summed E-state index contributed by atoms with van der Waals surface area (Å²) in [5.41, 5.74) is 2.69. The molecule has 0 saturated carbocycles. The van der Waals surface area contributed by atoms with E-state index in [2.05, 4.69) is 53.5 Å². The Balaban J connectivity index is 1.71. The van der Waals surface area contributed by atoms with Crippen molar-refractivity contribution in [1.29, 1.82) is 0 Å². The highest BCUT2D eigenvalue weighted by atomic mass is 15.2. The molecule has 2 heterocycles. The Labute approximate surface area is 121 Å². The van der Waals surface area contributed by atoms with Crippen molar-refractivity contribution < 1.29 is 0 Å². The fraction of sp³-hybridized carbons (Fsp3) is 0.471. The lowest BCUT2D eigenvalue weighted by molar-refractivity contribution is 0.263. The van der Waals surface area contributed by atoms with Crippen molar-refractivity contribution >= 4 is 10.9 Å². The minimum atomic E-state index is 0.408. The number of likely N-dealkylation sites (tertiary alicyclic amines) is 1. The Bertz CT molecular complexity index is 596. The zero-order valence-electron chi connectivity index (χ0n) is 12.4. The molecule has 1 atom stereocenters. The molecule has 1 N–H and O–H groups in total. The second kappa shape index (κ2) is 5.51. The fourth-order valence-electron chi connectivity index (χ4n) is 3.26. The van der Waals surface area contributed by atoms with Crippen molar-refractivity contribution in [3.05, 3.63) is 42.1 Å². The summed E-state index contributed by atoms with van der Waals surface area (Å²) in [7, 11) is 2.04. The number of para-hydroxylation sites is 1. The molecule has 2 aromatic rings. The van der Waals surface area contributed by atoms with Crippen LogP contribution < -0.4 is 5.32 Å². The van der Waals surface area contributed by atoms with Crippen LogP contribution in [0.3, 0.4) is 0 Å². The summed E-state index contributed by atoms with van der Waals surface area (Å²) < 4.78 is 0. The molecule has 1 aromatic carbocycles. The molecular formula is C17H23N3. The average molecular weight is 269 g/mol. The number of pyridine rings is 1. The maximum absolute atomic E-state index is 4.78. The van der Waals surface area contributed by atoms with E-state index in [9.17, 15) is 0 Å².